The van der Waals surface area contributed by atoms with Crippen molar-refractivity contribution in [1.29, 1.82) is 0 Å². The molecular weight excluding hydrogens is 386 g/mol. The summed E-state index contributed by atoms with van der Waals surface area (Å²) in [6.07, 6.45) is 4.13. The number of aryl methyl sites for hydroxylation is 1. The molecular formula is C25H33N5O. The van der Waals surface area contributed by atoms with Crippen molar-refractivity contribution in [3.63, 3.8) is 0 Å². The second kappa shape index (κ2) is 8.79. The van der Waals surface area contributed by atoms with Gasteiger partial charge in [0.25, 0.3) is 0 Å². The molecule has 4 rings (SSSR count). The minimum Gasteiger partial charge on any atom is -0.356 e. The van der Waals surface area contributed by atoms with E-state index in [1.54, 1.807) is 0 Å². The molecule has 3 heterocycles. The maximum atomic E-state index is 5.71. The average Bonchev–Trinajstić information content (AvgIpc) is 3.34. The van der Waals surface area contributed by atoms with Gasteiger partial charge in [-0.2, -0.15) is 0 Å². The normalized spacial score (nSPS) is 16.9. The second-order valence-corrected chi connectivity index (χ2v) is 9.11. The Morgan fingerprint density at radius 2 is 1.90 bits per heavy atom. The summed E-state index contributed by atoms with van der Waals surface area (Å²) in [4.78, 5) is 14.1. The van der Waals surface area contributed by atoms with E-state index in [1.807, 2.05) is 39.0 Å². The summed E-state index contributed by atoms with van der Waals surface area (Å²) in [5.74, 6) is 2.06. The molecule has 0 radical (unpaired) electrons. The molecule has 1 atom stereocenters. The third kappa shape index (κ3) is 4.35. The van der Waals surface area contributed by atoms with Crippen LogP contribution in [0.1, 0.15) is 66.7 Å². The van der Waals surface area contributed by atoms with Crippen molar-refractivity contribution in [2.75, 3.05) is 25.5 Å². The van der Waals surface area contributed by atoms with Gasteiger partial charge in [0.15, 0.2) is 5.76 Å². The van der Waals surface area contributed by atoms with Crippen LogP contribution in [0.25, 0.3) is 11.3 Å². The number of nitrogens with zero attached hydrogens (tertiary/aromatic N) is 5. The Morgan fingerprint density at radius 1 is 1.16 bits per heavy atom. The fraction of sp³-hybridized carbons (Fsp3) is 0.480. The second-order valence-electron chi connectivity index (χ2n) is 9.11. The number of hydrogen-bond acceptors (Lipinski definition) is 6. The third-order valence-electron chi connectivity index (χ3n) is 6.32. The predicted molar refractivity (Wildman–Crippen MR) is 124 cm³/mol. The SMILES string of the molecule is Cc1noc(-c2cnc(N(C)C)nc2C2CCCN2Cc2ccc(C(C)C)cc2)c1C. The molecule has 31 heavy (non-hydrogen) atoms. The van der Waals surface area contributed by atoms with E-state index in [4.69, 9.17) is 9.51 Å². The number of anilines is 1. The van der Waals surface area contributed by atoms with Gasteiger partial charge in [-0.15, -0.1) is 0 Å². The first kappa shape index (κ1) is 21.5. The van der Waals surface area contributed by atoms with Gasteiger partial charge in [0.2, 0.25) is 5.95 Å². The first-order valence-electron chi connectivity index (χ1n) is 11.2. The Bertz CT molecular complexity index is 1040. The summed E-state index contributed by atoms with van der Waals surface area (Å²) in [7, 11) is 3.96. The van der Waals surface area contributed by atoms with Crippen LogP contribution in [0, 0.1) is 13.8 Å². The molecule has 0 spiro atoms. The molecule has 0 bridgehead atoms. The van der Waals surface area contributed by atoms with Crippen LogP contribution in [0.2, 0.25) is 0 Å². The van der Waals surface area contributed by atoms with Gasteiger partial charge in [-0.05, 0) is 50.3 Å². The van der Waals surface area contributed by atoms with Crippen LogP contribution in [-0.4, -0.2) is 40.7 Å². The topological polar surface area (TPSA) is 58.3 Å². The van der Waals surface area contributed by atoms with Gasteiger partial charge < -0.3 is 9.42 Å². The largest absolute Gasteiger partial charge is 0.356 e. The van der Waals surface area contributed by atoms with Crippen molar-refractivity contribution in [2.45, 2.75) is 59.0 Å². The molecule has 1 unspecified atom stereocenters. The monoisotopic (exact) mass is 419 g/mol. The van der Waals surface area contributed by atoms with E-state index in [0.717, 1.165) is 60.2 Å². The first-order valence-corrected chi connectivity index (χ1v) is 11.2. The van der Waals surface area contributed by atoms with Gasteiger partial charge >= 0.3 is 0 Å². The molecule has 1 fully saturated rings. The Kier molecular flexibility index (Phi) is 6.10. The average molecular weight is 420 g/mol. The van der Waals surface area contributed by atoms with Gasteiger partial charge in [0, 0.05) is 32.4 Å². The maximum absolute atomic E-state index is 5.71. The van der Waals surface area contributed by atoms with E-state index in [-0.39, 0.29) is 6.04 Å². The summed E-state index contributed by atoms with van der Waals surface area (Å²) in [6.45, 7) is 10.5. The molecule has 6 heteroatoms. The molecule has 0 aliphatic carbocycles. The van der Waals surface area contributed by atoms with Crippen molar-refractivity contribution < 1.29 is 4.52 Å². The Labute approximate surface area is 185 Å². The Balaban J connectivity index is 1.69. The van der Waals surface area contributed by atoms with Crippen LogP contribution in [0.15, 0.2) is 35.0 Å². The Morgan fingerprint density at radius 3 is 2.52 bits per heavy atom. The Hall–Kier alpha value is -2.73. The van der Waals surface area contributed by atoms with Crippen molar-refractivity contribution in [3.8, 4) is 11.3 Å². The fourth-order valence-electron chi connectivity index (χ4n) is 4.26. The highest BCUT2D eigenvalue weighted by atomic mass is 16.5. The quantitative estimate of drug-likeness (QED) is 0.542. The molecule has 2 aromatic heterocycles. The lowest BCUT2D eigenvalue weighted by atomic mass is 10.0. The highest BCUT2D eigenvalue weighted by Crippen LogP contribution is 2.39. The third-order valence-corrected chi connectivity index (χ3v) is 6.32. The van der Waals surface area contributed by atoms with Gasteiger partial charge in [-0.3, -0.25) is 4.90 Å². The first-order chi connectivity index (χ1) is 14.8. The zero-order valence-electron chi connectivity index (χ0n) is 19.5. The summed E-state index contributed by atoms with van der Waals surface area (Å²) < 4.78 is 5.71. The lowest BCUT2D eigenvalue weighted by Crippen LogP contribution is -2.25. The zero-order valence-corrected chi connectivity index (χ0v) is 19.5. The highest BCUT2D eigenvalue weighted by Gasteiger charge is 2.31. The number of benzene rings is 1. The summed E-state index contributed by atoms with van der Waals surface area (Å²) in [5, 5.41) is 4.17. The molecule has 0 amide bonds. The molecule has 0 N–H and O–H groups in total. The van der Waals surface area contributed by atoms with Crippen molar-refractivity contribution in [3.05, 3.63) is 58.5 Å². The number of rotatable bonds is 6. The van der Waals surface area contributed by atoms with Crippen LogP contribution >= 0.6 is 0 Å². The van der Waals surface area contributed by atoms with Gasteiger partial charge in [-0.25, -0.2) is 9.97 Å². The number of hydrogen-bond donors (Lipinski definition) is 0. The molecule has 0 saturated carbocycles. The van der Waals surface area contributed by atoms with E-state index in [0.29, 0.717) is 5.92 Å². The molecule has 164 valence electrons. The van der Waals surface area contributed by atoms with Gasteiger partial charge in [-0.1, -0.05) is 43.3 Å². The van der Waals surface area contributed by atoms with Crippen LogP contribution in [0.5, 0.6) is 0 Å². The maximum Gasteiger partial charge on any atom is 0.225 e. The van der Waals surface area contributed by atoms with E-state index in [2.05, 4.69) is 53.2 Å². The smallest absolute Gasteiger partial charge is 0.225 e. The predicted octanol–water partition coefficient (Wildman–Crippen LogP) is 5.27. The standard InChI is InChI=1S/C25H33N5O/c1-16(2)20-11-9-19(10-12-20)15-30-13-7-8-22(30)23-21(14-26-25(27-23)29(5)6)24-17(3)18(4)28-31-24/h9-12,14,16,22H,7-8,13,15H2,1-6H3. The van der Waals surface area contributed by atoms with Crippen LogP contribution in [-0.2, 0) is 6.54 Å². The zero-order chi connectivity index (χ0) is 22.1. The molecule has 1 aliphatic rings. The van der Waals surface area contributed by atoms with E-state index in [9.17, 15) is 0 Å². The molecule has 1 aliphatic heterocycles. The number of likely N-dealkylation sites (tertiary alicyclic amines) is 1. The van der Waals surface area contributed by atoms with Crippen LogP contribution in [0.4, 0.5) is 5.95 Å². The summed E-state index contributed by atoms with van der Waals surface area (Å²) in [5.41, 5.74) is 6.67. The van der Waals surface area contributed by atoms with Crippen LogP contribution in [0.3, 0.4) is 0 Å². The lowest BCUT2D eigenvalue weighted by molar-refractivity contribution is 0.244. The summed E-state index contributed by atoms with van der Waals surface area (Å²) >= 11 is 0. The van der Waals surface area contributed by atoms with Crippen LogP contribution < -0.4 is 4.90 Å². The van der Waals surface area contributed by atoms with E-state index >= 15 is 0 Å². The minimum atomic E-state index is 0.228. The highest BCUT2D eigenvalue weighted by molar-refractivity contribution is 5.65. The molecule has 3 aromatic rings. The van der Waals surface area contributed by atoms with Crippen molar-refractivity contribution in [2.24, 2.45) is 0 Å². The van der Waals surface area contributed by atoms with Crippen molar-refractivity contribution >= 4 is 5.95 Å². The fourth-order valence-corrected chi connectivity index (χ4v) is 4.26. The molecule has 1 saturated heterocycles. The minimum absolute atomic E-state index is 0.228. The van der Waals surface area contributed by atoms with E-state index in [1.165, 1.54) is 11.1 Å². The van der Waals surface area contributed by atoms with E-state index < -0.39 is 0 Å². The number of aromatic nitrogens is 3. The summed E-state index contributed by atoms with van der Waals surface area (Å²) in [6, 6.07) is 9.27. The van der Waals surface area contributed by atoms with Crippen molar-refractivity contribution in [1.82, 2.24) is 20.0 Å². The van der Waals surface area contributed by atoms with Gasteiger partial charge in [0.05, 0.1) is 23.0 Å². The molecule has 6 nitrogen and oxygen atoms in total. The molecule has 1 aromatic carbocycles. The lowest BCUT2D eigenvalue weighted by Gasteiger charge is -2.26. The van der Waals surface area contributed by atoms with Gasteiger partial charge in [0.1, 0.15) is 0 Å².